The van der Waals surface area contributed by atoms with Gasteiger partial charge >= 0.3 is 0 Å². The smallest absolute Gasteiger partial charge is 0.250 e. The van der Waals surface area contributed by atoms with Crippen LogP contribution in [0.15, 0.2) is 29.3 Å². The van der Waals surface area contributed by atoms with E-state index in [4.69, 9.17) is 11.5 Å². The number of rotatable bonds is 36. The molecule has 0 aliphatic heterocycles. The highest BCUT2D eigenvalue weighted by Gasteiger charge is 2.21. The Labute approximate surface area is 307 Å². The van der Waals surface area contributed by atoms with Crippen molar-refractivity contribution >= 4 is 23.7 Å². The van der Waals surface area contributed by atoms with Crippen LogP contribution < -0.4 is 22.1 Å². The normalized spacial score (nSPS) is 12.0. The number of nitrogens with two attached hydrogens (primary N) is 2. The van der Waals surface area contributed by atoms with Crippen LogP contribution in [0, 0.1) is 0 Å². The van der Waals surface area contributed by atoms with Crippen LogP contribution in [0.2, 0.25) is 0 Å². The first-order valence-electron chi connectivity index (χ1n) is 20.9. The van der Waals surface area contributed by atoms with E-state index in [1.54, 1.807) is 0 Å². The summed E-state index contributed by atoms with van der Waals surface area (Å²) < 4.78 is 0. The molecule has 8 nitrogen and oxygen atoms in total. The van der Waals surface area contributed by atoms with Crippen molar-refractivity contribution in [2.45, 2.75) is 213 Å². The molecule has 0 heterocycles. The number of carbonyl (C=O) groups excluding carboxylic acids is 3. The van der Waals surface area contributed by atoms with E-state index in [9.17, 15) is 14.4 Å². The van der Waals surface area contributed by atoms with Crippen molar-refractivity contribution in [1.29, 1.82) is 0 Å². The van der Waals surface area contributed by atoms with Gasteiger partial charge in [0.25, 0.3) is 0 Å². The fourth-order valence-electron chi connectivity index (χ4n) is 6.12. The SMILES string of the molecule is CCCCCCCC/C=C\CCCCCCCC(=O)N[C@@H](CCCN=C(N)N)C(=O)NC(=O)C=CCCCCCCCCCCCCCCC. The zero-order valence-corrected chi connectivity index (χ0v) is 32.6. The Bertz CT molecular complexity index is 898. The summed E-state index contributed by atoms with van der Waals surface area (Å²) in [5.74, 6) is -1.13. The third-order valence-electron chi connectivity index (χ3n) is 9.25. The molecule has 6 N–H and O–H groups in total. The van der Waals surface area contributed by atoms with Gasteiger partial charge in [-0.15, -0.1) is 0 Å². The molecule has 0 aromatic carbocycles. The van der Waals surface area contributed by atoms with E-state index in [0.717, 1.165) is 51.4 Å². The summed E-state index contributed by atoms with van der Waals surface area (Å²) in [6.45, 7) is 4.87. The Balaban J connectivity index is 4.19. The lowest BCUT2D eigenvalue weighted by molar-refractivity contribution is -0.132. The van der Waals surface area contributed by atoms with Gasteiger partial charge in [-0.1, -0.05) is 160 Å². The molecule has 290 valence electrons. The highest BCUT2D eigenvalue weighted by molar-refractivity contribution is 6.03. The summed E-state index contributed by atoms with van der Waals surface area (Å²) >= 11 is 0. The topological polar surface area (TPSA) is 140 Å². The summed E-state index contributed by atoms with van der Waals surface area (Å²) in [5.41, 5.74) is 10.8. The lowest BCUT2D eigenvalue weighted by Gasteiger charge is -2.17. The fraction of sp³-hybridized carbons (Fsp3) is 0.810. The number of hydrogen-bond acceptors (Lipinski definition) is 4. The van der Waals surface area contributed by atoms with Crippen LogP contribution in [-0.2, 0) is 14.4 Å². The largest absolute Gasteiger partial charge is 0.370 e. The summed E-state index contributed by atoms with van der Waals surface area (Å²) in [6, 6.07) is -0.807. The van der Waals surface area contributed by atoms with Crippen LogP contribution in [0.1, 0.15) is 206 Å². The van der Waals surface area contributed by atoms with Crippen LogP contribution in [0.25, 0.3) is 0 Å². The molecule has 0 aromatic heterocycles. The molecule has 0 spiro atoms. The lowest BCUT2D eigenvalue weighted by Crippen LogP contribution is -2.48. The van der Waals surface area contributed by atoms with Gasteiger partial charge in [-0.25, -0.2) is 0 Å². The van der Waals surface area contributed by atoms with E-state index in [2.05, 4.69) is 41.6 Å². The highest BCUT2D eigenvalue weighted by Crippen LogP contribution is 2.14. The zero-order chi connectivity index (χ0) is 36.8. The van der Waals surface area contributed by atoms with Crippen molar-refractivity contribution in [3.05, 3.63) is 24.3 Å². The lowest BCUT2D eigenvalue weighted by atomic mass is 10.0. The van der Waals surface area contributed by atoms with Gasteiger partial charge in [-0.2, -0.15) is 0 Å². The van der Waals surface area contributed by atoms with E-state index < -0.39 is 17.9 Å². The van der Waals surface area contributed by atoms with Gasteiger partial charge in [0.15, 0.2) is 5.96 Å². The number of carbonyl (C=O) groups is 3. The van der Waals surface area contributed by atoms with Gasteiger partial charge in [-0.05, 0) is 63.9 Å². The van der Waals surface area contributed by atoms with Crippen molar-refractivity contribution < 1.29 is 14.4 Å². The number of hydrogen-bond donors (Lipinski definition) is 4. The van der Waals surface area contributed by atoms with Gasteiger partial charge in [0, 0.05) is 13.0 Å². The van der Waals surface area contributed by atoms with E-state index in [-0.39, 0.29) is 11.9 Å². The van der Waals surface area contributed by atoms with Crippen molar-refractivity contribution in [3.8, 4) is 0 Å². The predicted molar refractivity (Wildman–Crippen MR) is 214 cm³/mol. The van der Waals surface area contributed by atoms with Gasteiger partial charge in [-0.3, -0.25) is 24.7 Å². The van der Waals surface area contributed by atoms with E-state index in [1.807, 2.05) is 6.08 Å². The van der Waals surface area contributed by atoms with Gasteiger partial charge < -0.3 is 16.8 Å². The number of nitrogens with one attached hydrogen (secondary N) is 2. The molecule has 0 saturated carbocycles. The quantitative estimate of drug-likeness (QED) is 0.0169. The Hall–Kier alpha value is -2.64. The minimum atomic E-state index is -0.807. The molecule has 0 unspecified atom stereocenters. The molecule has 0 aliphatic rings. The van der Waals surface area contributed by atoms with Crippen LogP contribution in [0.4, 0.5) is 0 Å². The third kappa shape index (κ3) is 35.2. The predicted octanol–water partition coefficient (Wildman–Crippen LogP) is 10.2. The Morgan fingerprint density at radius 3 is 1.44 bits per heavy atom. The average Bonchev–Trinajstić information content (AvgIpc) is 3.09. The molecule has 0 radical (unpaired) electrons. The maximum atomic E-state index is 12.9. The molecule has 1 atom stereocenters. The first-order chi connectivity index (χ1) is 24.4. The molecule has 50 heavy (non-hydrogen) atoms. The number of imide groups is 1. The molecule has 0 saturated heterocycles. The molecule has 0 aromatic rings. The minimum absolute atomic E-state index is 0.0111. The monoisotopic (exact) mass is 702 g/mol. The maximum absolute atomic E-state index is 12.9. The van der Waals surface area contributed by atoms with Crippen LogP contribution >= 0.6 is 0 Å². The van der Waals surface area contributed by atoms with E-state index in [0.29, 0.717) is 25.8 Å². The van der Waals surface area contributed by atoms with Crippen molar-refractivity contribution in [2.75, 3.05) is 6.54 Å². The van der Waals surface area contributed by atoms with E-state index in [1.165, 1.54) is 128 Å². The Morgan fingerprint density at radius 2 is 0.980 bits per heavy atom. The first kappa shape index (κ1) is 47.4. The summed E-state index contributed by atoms with van der Waals surface area (Å²) in [6.07, 6.45) is 42.5. The number of nitrogens with zero attached hydrogens (tertiary/aromatic N) is 1. The number of unbranched alkanes of at least 4 members (excludes halogenated alkanes) is 24. The molecule has 0 rings (SSSR count). The third-order valence-corrected chi connectivity index (χ3v) is 9.25. The van der Waals surface area contributed by atoms with Crippen LogP contribution in [-0.4, -0.2) is 36.3 Å². The highest BCUT2D eigenvalue weighted by atomic mass is 16.2. The summed E-state index contributed by atoms with van der Waals surface area (Å²) in [5, 5.41) is 5.27. The van der Waals surface area contributed by atoms with Crippen molar-refractivity contribution in [2.24, 2.45) is 16.5 Å². The summed E-state index contributed by atoms with van der Waals surface area (Å²) in [7, 11) is 0. The van der Waals surface area contributed by atoms with Gasteiger partial charge in [0.1, 0.15) is 6.04 Å². The van der Waals surface area contributed by atoms with Crippen LogP contribution in [0.3, 0.4) is 0 Å². The molecular formula is C42H79N5O3. The van der Waals surface area contributed by atoms with E-state index >= 15 is 0 Å². The Morgan fingerprint density at radius 1 is 0.560 bits per heavy atom. The molecule has 0 fully saturated rings. The number of allylic oxidation sites excluding steroid dienone is 3. The van der Waals surface area contributed by atoms with Crippen molar-refractivity contribution in [3.63, 3.8) is 0 Å². The number of amides is 3. The zero-order valence-electron chi connectivity index (χ0n) is 32.6. The minimum Gasteiger partial charge on any atom is -0.370 e. The number of aliphatic imine (C=N–C) groups is 1. The van der Waals surface area contributed by atoms with Crippen molar-refractivity contribution in [1.82, 2.24) is 10.6 Å². The molecule has 8 heteroatoms. The summed E-state index contributed by atoms with van der Waals surface area (Å²) in [4.78, 5) is 42.0. The second kappa shape index (κ2) is 37.6. The molecule has 0 aliphatic carbocycles. The number of guanidine groups is 1. The second-order valence-corrected chi connectivity index (χ2v) is 14.2. The average molecular weight is 702 g/mol. The molecule has 0 bridgehead atoms. The van der Waals surface area contributed by atoms with Gasteiger partial charge in [0.05, 0.1) is 0 Å². The first-order valence-corrected chi connectivity index (χ1v) is 20.9. The standard InChI is InChI=1S/C42H79N5O3/c1-3-5-7-9-11-13-15-17-19-21-23-25-27-29-31-35-39(48)46-38(34-33-37-45-42(43)44)41(50)47-40(49)36-32-30-28-26-24-22-20-18-16-14-12-10-8-6-4-2/h17,19,32,36,38H,3-16,18,20-31,33-35,37H2,1-2H3,(H,46,48)(H4,43,44,45)(H,47,49,50)/b19-17-,36-32?/t38-/m0/s1. The molecular weight excluding hydrogens is 622 g/mol. The van der Waals surface area contributed by atoms with Crippen LogP contribution in [0.5, 0.6) is 0 Å². The van der Waals surface area contributed by atoms with Gasteiger partial charge in [0.2, 0.25) is 17.7 Å². The maximum Gasteiger partial charge on any atom is 0.250 e. The second-order valence-electron chi connectivity index (χ2n) is 14.2. The molecule has 3 amide bonds. The fourth-order valence-corrected chi connectivity index (χ4v) is 6.12. The Kier molecular flexibility index (Phi) is 35.6.